The Balaban J connectivity index is 2.31. The van der Waals surface area contributed by atoms with Crippen LogP contribution in [0.2, 0.25) is 0 Å². The number of hydrogen-bond donors (Lipinski definition) is 2. The summed E-state index contributed by atoms with van der Waals surface area (Å²) >= 11 is 0. The molecule has 0 heterocycles. The maximum Gasteiger partial charge on any atom is 0.317 e. The highest BCUT2D eigenvalue weighted by atomic mass is 16.2. The second kappa shape index (κ2) is 5.95. The van der Waals surface area contributed by atoms with Crippen molar-refractivity contribution >= 4 is 6.03 Å². The van der Waals surface area contributed by atoms with E-state index in [4.69, 9.17) is 5.73 Å². The summed E-state index contributed by atoms with van der Waals surface area (Å²) in [5, 5.41) is 3.07. The van der Waals surface area contributed by atoms with Gasteiger partial charge in [0.25, 0.3) is 0 Å². The molecule has 0 atom stereocenters. The van der Waals surface area contributed by atoms with Crippen LogP contribution in [0.25, 0.3) is 0 Å². The average molecular weight is 213 g/mol. The van der Waals surface area contributed by atoms with E-state index in [-0.39, 0.29) is 6.03 Å². The zero-order chi connectivity index (χ0) is 11.3. The van der Waals surface area contributed by atoms with Gasteiger partial charge in [0.15, 0.2) is 0 Å². The predicted octanol–water partition coefficient (Wildman–Crippen LogP) is 1.31. The fourth-order valence-corrected chi connectivity index (χ4v) is 2.04. The normalized spacial score (nSPS) is 26.1. The van der Waals surface area contributed by atoms with Gasteiger partial charge in [-0.15, -0.1) is 0 Å². The molecule has 0 radical (unpaired) electrons. The molecule has 0 spiro atoms. The average Bonchev–Trinajstić information content (AvgIpc) is 2.23. The van der Waals surface area contributed by atoms with Gasteiger partial charge in [-0.05, 0) is 39.5 Å². The Morgan fingerprint density at radius 2 is 1.80 bits per heavy atom. The summed E-state index contributed by atoms with van der Waals surface area (Å²) in [6.45, 7) is 5.54. The van der Waals surface area contributed by atoms with E-state index in [0.29, 0.717) is 12.1 Å². The largest absolute Gasteiger partial charge is 0.335 e. The molecule has 0 aromatic heterocycles. The monoisotopic (exact) mass is 213 g/mol. The van der Waals surface area contributed by atoms with Gasteiger partial charge in [0.05, 0.1) is 0 Å². The standard InChI is InChI=1S/C11H23N3O/c1-3-14(4-2)11(15)13-10-7-5-9(12)6-8-10/h9-10H,3-8,12H2,1-2H3,(H,13,15). The number of rotatable bonds is 3. The lowest BCUT2D eigenvalue weighted by molar-refractivity contribution is 0.194. The number of carbonyl (C=O) groups is 1. The molecule has 1 saturated carbocycles. The molecule has 0 bridgehead atoms. The van der Waals surface area contributed by atoms with E-state index in [1.54, 1.807) is 0 Å². The molecule has 4 heteroatoms. The van der Waals surface area contributed by atoms with Crippen molar-refractivity contribution in [3.63, 3.8) is 0 Å². The van der Waals surface area contributed by atoms with E-state index >= 15 is 0 Å². The van der Waals surface area contributed by atoms with Gasteiger partial charge in [-0.3, -0.25) is 0 Å². The molecule has 0 aromatic rings. The third-order valence-corrected chi connectivity index (χ3v) is 3.15. The molecule has 1 fully saturated rings. The van der Waals surface area contributed by atoms with Gasteiger partial charge in [-0.25, -0.2) is 4.79 Å². The lowest BCUT2D eigenvalue weighted by atomic mass is 9.92. The number of urea groups is 1. The smallest absolute Gasteiger partial charge is 0.317 e. The number of nitrogens with two attached hydrogens (primary N) is 1. The Morgan fingerprint density at radius 3 is 2.27 bits per heavy atom. The van der Waals surface area contributed by atoms with Crippen molar-refractivity contribution < 1.29 is 4.79 Å². The van der Waals surface area contributed by atoms with Crippen LogP contribution >= 0.6 is 0 Å². The Bertz CT molecular complexity index is 196. The zero-order valence-corrected chi connectivity index (χ0v) is 9.83. The van der Waals surface area contributed by atoms with E-state index in [0.717, 1.165) is 38.8 Å². The van der Waals surface area contributed by atoms with Crippen molar-refractivity contribution in [1.82, 2.24) is 10.2 Å². The van der Waals surface area contributed by atoms with Crippen LogP contribution < -0.4 is 11.1 Å². The second-order valence-corrected chi connectivity index (χ2v) is 4.23. The van der Waals surface area contributed by atoms with Crippen molar-refractivity contribution in [3.8, 4) is 0 Å². The van der Waals surface area contributed by atoms with Crippen LogP contribution in [0.1, 0.15) is 39.5 Å². The van der Waals surface area contributed by atoms with Crippen molar-refractivity contribution in [1.29, 1.82) is 0 Å². The van der Waals surface area contributed by atoms with Crippen molar-refractivity contribution in [2.75, 3.05) is 13.1 Å². The van der Waals surface area contributed by atoms with Gasteiger partial charge < -0.3 is 16.0 Å². The first-order chi connectivity index (χ1) is 7.17. The first-order valence-electron chi connectivity index (χ1n) is 5.98. The van der Waals surface area contributed by atoms with Gasteiger partial charge in [0, 0.05) is 25.2 Å². The number of carbonyl (C=O) groups excluding carboxylic acids is 1. The molecule has 0 aromatic carbocycles. The van der Waals surface area contributed by atoms with Gasteiger partial charge in [0.1, 0.15) is 0 Å². The summed E-state index contributed by atoms with van der Waals surface area (Å²) in [6, 6.07) is 0.741. The van der Waals surface area contributed by atoms with E-state index in [2.05, 4.69) is 5.32 Å². The fourth-order valence-electron chi connectivity index (χ4n) is 2.04. The summed E-state index contributed by atoms with van der Waals surface area (Å²) in [5.41, 5.74) is 5.82. The minimum absolute atomic E-state index is 0.0699. The highest BCUT2D eigenvalue weighted by Crippen LogP contribution is 2.17. The Hall–Kier alpha value is -0.770. The van der Waals surface area contributed by atoms with Gasteiger partial charge in [-0.2, -0.15) is 0 Å². The Morgan fingerprint density at radius 1 is 1.27 bits per heavy atom. The lowest BCUT2D eigenvalue weighted by Crippen LogP contribution is -2.46. The van der Waals surface area contributed by atoms with E-state index < -0.39 is 0 Å². The topological polar surface area (TPSA) is 58.4 Å². The van der Waals surface area contributed by atoms with E-state index in [1.807, 2.05) is 18.7 Å². The number of amides is 2. The third-order valence-electron chi connectivity index (χ3n) is 3.15. The predicted molar refractivity (Wildman–Crippen MR) is 61.7 cm³/mol. The third kappa shape index (κ3) is 3.70. The molecule has 1 rings (SSSR count). The van der Waals surface area contributed by atoms with Crippen LogP contribution in [0.3, 0.4) is 0 Å². The van der Waals surface area contributed by atoms with Crippen LogP contribution in [0.15, 0.2) is 0 Å². The molecule has 4 nitrogen and oxygen atoms in total. The van der Waals surface area contributed by atoms with Gasteiger partial charge in [0.2, 0.25) is 0 Å². The molecule has 0 unspecified atom stereocenters. The zero-order valence-electron chi connectivity index (χ0n) is 9.83. The maximum atomic E-state index is 11.7. The van der Waals surface area contributed by atoms with Gasteiger partial charge in [-0.1, -0.05) is 0 Å². The van der Waals surface area contributed by atoms with Gasteiger partial charge >= 0.3 is 6.03 Å². The van der Waals surface area contributed by atoms with Crippen molar-refractivity contribution in [3.05, 3.63) is 0 Å². The fraction of sp³-hybridized carbons (Fsp3) is 0.909. The molecular weight excluding hydrogens is 190 g/mol. The summed E-state index contributed by atoms with van der Waals surface area (Å²) in [5.74, 6) is 0. The summed E-state index contributed by atoms with van der Waals surface area (Å²) in [4.78, 5) is 13.6. The van der Waals surface area contributed by atoms with Crippen LogP contribution in [0.4, 0.5) is 4.79 Å². The van der Waals surface area contributed by atoms with Crippen LogP contribution in [0, 0.1) is 0 Å². The molecule has 0 saturated heterocycles. The van der Waals surface area contributed by atoms with Crippen molar-refractivity contribution in [2.45, 2.75) is 51.6 Å². The molecule has 0 aliphatic heterocycles. The summed E-state index contributed by atoms with van der Waals surface area (Å²) in [6.07, 6.45) is 4.11. The van der Waals surface area contributed by atoms with Crippen LogP contribution in [-0.2, 0) is 0 Å². The first-order valence-corrected chi connectivity index (χ1v) is 5.98. The molecule has 15 heavy (non-hydrogen) atoms. The molecule has 2 amide bonds. The van der Waals surface area contributed by atoms with E-state index in [1.165, 1.54) is 0 Å². The lowest BCUT2D eigenvalue weighted by Gasteiger charge is -2.29. The molecule has 1 aliphatic rings. The second-order valence-electron chi connectivity index (χ2n) is 4.23. The molecule has 1 aliphatic carbocycles. The highest BCUT2D eigenvalue weighted by Gasteiger charge is 2.21. The first kappa shape index (κ1) is 12.3. The molecule has 3 N–H and O–H groups in total. The Kier molecular flexibility index (Phi) is 4.88. The molecule has 88 valence electrons. The highest BCUT2D eigenvalue weighted by molar-refractivity contribution is 5.74. The van der Waals surface area contributed by atoms with Crippen LogP contribution in [0.5, 0.6) is 0 Å². The minimum Gasteiger partial charge on any atom is -0.335 e. The number of hydrogen-bond acceptors (Lipinski definition) is 2. The quantitative estimate of drug-likeness (QED) is 0.742. The minimum atomic E-state index is 0.0699. The maximum absolute atomic E-state index is 11.7. The number of nitrogens with one attached hydrogen (secondary N) is 1. The Labute approximate surface area is 92.2 Å². The SMILES string of the molecule is CCN(CC)C(=O)NC1CCC(N)CC1. The molecular formula is C11H23N3O. The van der Waals surface area contributed by atoms with E-state index in [9.17, 15) is 4.79 Å². The summed E-state index contributed by atoms with van der Waals surface area (Å²) in [7, 11) is 0. The van der Waals surface area contributed by atoms with Crippen molar-refractivity contribution in [2.24, 2.45) is 5.73 Å². The number of nitrogens with zero attached hydrogens (tertiary/aromatic N) is 1. The summed E-state index contributed by atoms with van der Waals surface area (Å²) < 4.78 is 0. The van der Waals surface area contributed by atoms with Crippen LogP contribution in [-0.4, -0.2) is 36.1 Å².